The van der Waals surface area contributed by atoms with E-state index in [2.05, 4.69) is 35.1 Å². The number of fused-ring (bicyclic) bond motifs is 1. The largest absolute Gasteiger partial charge is 0.487 e. The Morgan fingerprint density at radius 2 is 2.04 bits per heavy atom. The van der Waals surface area contributed by atoms with E-state index in [1.807, 2.05) is 48.5 Å². The monoisotopic (exact) mass is 373 g/mol. The van der Waals surface area contributed by atoms with Crippen LogP contribution in [-0.4, -0.2) is 11.5 Å². The number of rotatable bonds is 3. The first kappa shape index (κ1) is 16.1. The summed E-state index contributed by atoms with van der Waals surface area (Å²) in [5, 5.41) is 3.16. The number of nitrogens with one attached hydrogen (secondary N) is 1. The zero-order chi connectivity index (χ0) is 16.4. The number of benzene rings is 2. The number of hydrogen-bond donors (Lipinski definition) is 1. The topological polar surface area (TPSA) is 38.3 Å². The van der Waals surface area contributed by atoms with Gasteiger partial charge in [-0.15, -0.1) is 0 Å². The molecule has 1 amide bonds. The molecular weight excluding hydrogens is 354 g/mol. The Balaban J connectivity index is 1.75. The quantitative estimate of drug-likeness (QED) is 0.864. The van der Waals surface area contributed by atoms with E-state index in [-0.39, 0.29) is 17.6 Å². The standard InChI is InChI=1S/C19H20BrNO2/c1-19(2)12-16(15-8-3-4-9-17(15)23-19)21-18(22)11-13-6-5-7-14(20)10-13/h3-10,16H,11-12H2,1-2H3,(H,21,22)/t16-/m0/s1. The molecule has 0 fully saturated rings. The maximum Gasteiger partial charge on any atom is 0.224 e. The SMILES string of the molecule is CC1(C)C[C@H](NC(=O)Cc2cccc(Br)c2)c2ccccc2O1. The van der Waals surface area contributed by atoms with Gasteiger partial charge in [-0.3, -0.25) is 4.79 Å². The molecule has 1 aliphatic rings. The summed E-state index contributed by atoms with van der Waals surface area (Å²) < 4.78 is 6.99. The van der Waals surface area contributed by atoms with E-state index in [1.165, 1.54) is 0 Å². The molecule has 0 saturated heterocycles. The van der Waals surface area contributed by atoms with E-state index in [0.29, 0.717) is 6.42 Å². The van der Waals surface area contributed by atoms with Gasteiger partial charge >= 0.3 is 0 Å². The molecule has 0 radical (unpaired) electrons. The summed E-state index contributed by atoms with van der Waals surface area (Å²) in [5.41, 5.74) is 1.76. The number of carbonyl (C=O) groups excluding carboxylic acids is 1. The van der Waals surface area contributed by atoms with E-state index in [0.717, 1.165) is 27.8 Å². The zero-order valence-electron chi connectivity index (χ0n) is 13.3. The number of halogens is 1. The molecule has 2 aromatic carbocycles. The normalized spacial score (nSPS) is 18.7. The zero-order valence-corrected chi connectivity index (χ0v) is 14.9. The fraction of sp³-hybridized carbons (Fsp3) is 0.316. The lowest BCUT2D eigenvalue weighted by Gasteiger charge is -2.37. The van der Waals surface area contributed by atoms with Crippen molar-refractivity contribution < 1.29 is 9.53 Å². The lowest BCUT2D eigenvalue weighted by molar-refractivity contribution is -0.121. The van der Waals surface area contributed by atoms with Crippen molar-refractivity contribution in [2.75, 3.05) is 0 Å². The molecule has 0 aliphatic carbocycles. The lowest BCUT2D eigenvalue weighted by atomic mass is 9.89. The van der Waals surface area contributed by atoms with Crippen LogP contribution in [0.15, 0.2) is 53.0 Å². The van der Waals surface area contributed by atoms with Gasteiger partial charge in [-0.25, -0.2) is 0 Å². The highest BCUT2D eigenvalue weighted by Crippen LogP contribution is 2.39. The molecule has 0 aromatic heterocycles. The molecule has 2 aromatic rings. The molecule has 120 valence electrons. The third-order valence-electron chi connectivity index (χ3n) is 3.97. The maximum absolute atomic E-state index is 12.4. The van der Waals surface area contributed by atoms with Crippen molar-refractivity contribution in [1.29, 1.82) is 0 Å². The van der Waals surface area contributed by atoms with Gasteiger partial charge in [-0.1, -0.05) is 46.3 Å². The van der Waals surface area contributed by atoms with Gasteiger partial charge in [0.25, 0.3) is 0 Å². The first-order valence-electron chi connectivity index (χ1n) is 7.75. The molecule has 3 rings (SSSR count). The van der Waals surface area contributed by atoms with E-state index >= 15 is 0 Å². The second-order valence-electron chi connectivity index (χ2n) is 6.53. The molecule has 1 atom stereocenters. The van der Waals surface area contributed by atoms with Crippen LogP contribution in [0, 0.1) is 0 Å². The first-order valence-corrected chi connectivity index (χ1v) is 8.54. The number of ether oxygens (including phenoxy) is 1. The molecule has 23 heavy (non-hydrogen) atoms. The molecule has 4 heteroatoms. The smallest absolute Gasteiger partial charge is 0.224 e. The Morgan fingerprint density at radius 3 is 2.83 bits per heavy atom. The predicted octanol–water partition coefficient (Wildman–Crippen LogP) is 4.41. The predicted molar refractivity (Wildman–Crippen MR) is 94.5 cm³/mol. The van der Waals surface area contributed by atoms with E-state index in [9.17, 15) is 4.79 Å². The first-order chi connectivity index (χ1) is 10.9. The van der Waals surface area contributed by atoms with E-state index < -0.39 is 0 Å². The van der Waals surface area contributed by atoms with Gasteiger partial charge in [0.15, 0.2) is 0 Å². The van der Waals surface area contributed by atoms with Crippen molar-refractivity contribution in [3.8, 4) is 5.75 Å². The van der Waals surface area contributed by atoms with Crippen molar-refractivity contribution in [1.82, 2.24) is 5.32 Å². The highest BCUT2D eigenvalue weighted by Gasteiger charge is 2.34. The second kappa shape index (κ2) is 6.36. The van der Waals surface area contributed by atoms with Gasteiger partial charge < -0.3 is 10.1 Å². The van der Waals surface area contributed by atoms with Crippen LogP contribution < -0.4 is 10.1 Å². The second-order valence-corrected chi connectivity index (χ2v) is 7.45. The summed E-state index contributed by atoms with van der Waals surface area (Å²) >= 11 is 3.44. The number of hydrogen-bond acceptors (Lipinski definition) is 2. The highest BCUT2D eigenvalue weighted by atomic mass is 79.9. The van der Waals surface area contributed by atoms with Gasteiger partial charge in [0.2, 0.25) is 5.91 Å². The van der Waals surface area contributed by atoms with Crippen molar-refractivity contribution in [3.63, 3.8) is 0 Å². The van der Waals surface area contributed by atoms with Crippen LogP contribution in [0.2, 0.25) is 0 Å². The van der Waals surface area contributed by atoms with Crippen molar-refractivity contribution in [3.05, 3.63) is 64.1 Å². The van der Waals surface area contributed by atoms with Gasteiger partial charge in [0.05, 0.1) is 12.5 Å². The summed E-state index contributed by atoms with van der Waals surface area (Å²) in [6, 6.07) is 15.7. The van der Waals surface area contributed by atoms with E-state index in [1.54, 1.807) is 0 Å². The fourth-order valence-electron chi connectivity index (χ4n) is 3.01. The Labute approximate surface area is 145 Å². The molecule has 3 nitrogen and oxygen atoms in total. The third-order valence-corrected chi connectivity index (χ3v) is 4.46. The average Bonchev–Trinajstić information content (AvgIpc) is 2.46. The summed E-state index contributed by atoms with van der Waals surface area (Å²) in [4.78, 5) is 12.4. The Bertz CT molecular complexity index is 727. The minimum Gasteiger partial charge on any atom is -0.487 e. The summed E-state index contributed by atoms with van der Waals surface area (Å²) in [5.74, 6) is 0.886. The van der Waals surface area contributed by atoms with Crippen molar-refractivity contribution >= 4 is 21.8 Å². The molecule has 0 bridgehead atoms. The van der Waals surface area contributed by atoms with Gasteiger partial charge in [0, 0.05) is 16.5 Å². The number of amides is 1. The van der Waals surface area contributed by atoms with Crippen LogP contribution in [-0.2, 0) is 11.2 Å². The Morgan fingerprint density at radius 1 is 1.26 bits per heavy atom. The molecule has 0 unspecified atom stereocenters. The Kier molecular flexibility index (Phi) is 4.44. The van der Waals surface area contributed by atoms with Crippen LogP contribution in [0.5, 0.6) is 5.75 Å². The van der Waals surface area contributed by atoms with Crippen LogP contribution in [0.25, 0.3) is 0 Å². The summed E-state index contributed by atoms with van der Waals surface area (Å²) in [7, 11) is 0. The summed E-state index contributed by atoms with van der Waals surface area (Å²) in [6.45, 7) is 4.10. The molecule has 1 N–H and O–H groups in total. The molecule has 1 heterocycles. The van der Waals surface area contributed by atoms with Crippen LogP contribution in [0.1, 0.15) is 37.4 Å². The van der Waals surface area contributed by atoms with Crippen molar-refractivity contribution in [2.45, 2.75) is 38.3 Å². The maximum atomic E-state index is 12.4. The van der Waals surface area contributed by atoms with Gasteiger partial charge in [-0.2, -0.15) is 0 Å². The molecule has 1 aliphatic heterocycles. The third kappa shape index (κ3) is 3.94. The number of para-hydroxylation sites is 1. The fourth-order valence-corrected chi connectivity index (χ4v) is 3.46. The minimum atomic E-state index is -0.290. The van der Waals surface area contributed by atoms with Gasteiger partial charge in [-0.05, 0) is 37.6 Å². The van der Waals surface area contributed by atoms with Crippen molar-refractivity contribution in [2.24, 2.45) is 0 Å². The van der Waals surface area contributed by atoms with Gasteiger partial charge in [0.1, 0.15) is 11.4 Å². The highest BCUT2D eigenvalue weighted by molar-refractivity contribution is 9.10. The summed E-state index contributed by atoms with van der Waals surface area (Å²) in [6.07, 6.45) is 1.13. The lowest BCUT2D eigenvalue weighted by Crippen LogP contribution is -2.41. The average molecular weight is 374 g/mol. The molecular formula is C19H20BrNO2. The number of carbonyl (C=O) groups is 1. The minimum absolute atomic E-state index is 0.0189. The molecule has 0 spiro atoms. The molecule has 0 saturated carbocycles. The van der Waals surface area contributed by atoms with Crippen LogP contribution in [0.4, 0.5) is 0 Å². The van der Waals surface area contributed by atoms with E-state index in [4.69, 9.17) is 4.74 Å². The van der Waals surface area contributed by atoms with Crippen LogP contribution in [0.3, 0.4) is 0 Å². The van der Waals surface area contributed by atoms with Crippen LogP contribution >= 0.6 is 15.9 Å². The Hall–Kier alpha value is -1.81.